The van der Waals surface area contributed by atoms with Gasteiger partial charge in [0, 0.05) is 29.7 Å². The molecule has 3 aliphatic carbocycles. The Balaban J connectivity index is 0.00000252. The minimum atomic E-state index is -0.931. The van der Waals surface area contributed by atoms with E-state index in [1.54, 1.807) is 6.07 Å². The maximum atomic E-state index is 13.5. The van der Waals surface area contributed by atoms with E-state index in [-0.39, 0.29) is 42.3 Å². The Kier molecular flexibility index (Phi) is 6.11. The van der Waals surface area contributed by atoms with E-state index in [9.17, 15) is 15.0 Å². The molecule has 2 N–H and O–H groups in total. The van der Waals surface area contributed by atoms with E-state index >= 15 is 0 Å². The molecule has 0 radical (unpaired) electrons. The quantitative estimate of drug-likeness (QED) is 0.547. The summed E-state index contributed by atoms with van der Waals surface area (Å²) in [5.41, 5.74) is 1.61. The molecule has 0 unspecified atom stereocenters. The standard InChI is InChI=1S/C29H33BrN2O4.ClH/c1-31(24(34)15-18-4-2-3-5-20(18)30)21-10-11-29(35)23-14-19-8-9-22(33)26-25(19)28(29,27(21)36-26)12-13-32(23)16-17-6-7-17;/h2-5,8-9,17,21,23,27,33,35H,6-7,10-16H2,1H3;1H/t21-,23+,27-,28-,29+;/m0./s1. The summed E-state index contributed by atoms with van der Waals surface area (Å²) in [5.74, 6) is 1.46. The number of ether oxygens (including phenoxy) is 1. The predicted molar refractivity (Wildman–Crippen MR) is 146 cm³/mol. The van der Waals surface area contributed by atoms with Gasteiger partial charge in [-0.25, -0.2) is 0 Å². The van der Waals surface area contributed by atoms with Crippen molar-refractivity contribution >= 4 is 34.2 Å². The van der Waals surface area contributed by atoms with Gasteiger partial charge in [0.25, 0.3) is 0 Å². The van der Waals surface area contributed by atoms with Crippen molar-refractivity contribution in [1.82, 2.24) is 9.80 Å². The fourth-order valence-electron chi connectivity index (χ4n) is 7.97. The van der Waals surface area contributed by atoms with Gasteiger partial charge >= 0.3 is 0 Å². The Morgan fingerprint density at radius 1 is 1.19 bits per heavy atom. The van der Waals surface area contributed by atoms with Crippen molar-refractivity contribution in [3.63, 3.8) is 0 Å². The Hall–Kier alpha value is -1.80. The first-order chi connectivity index (χ1) is 17.3. The number of halogens is 2. The van der Waals surface area contributed by atoms with Crippen LogP contribution in [0.25, 0.3) is 0 Å². The number of likely N-dealkylation sites (tertiary alicyclic amines) is 1. The second-order valence-electron chi connectivity index (χ2n) is 11.7. The van der Waals surface area contributed by atoms with Crippen molar-refractivity contribution < 1.29 is 19.7 Å². The highest BCUT2D eigenvalue weighted by Crippen LogP contribution is 2.66. The minimum absolute atomic E-state index is 0. The highest BCUT2D eigenvalue weighted by molar-refractivity contribution is 9.10. The van der Waals surface area contributed by atoms with Crippen LogP contribution in [0.5, 0.6) is 11.5 Å². The molecule has 5 aliphatic rings. The van der Waals surface area contributed by atoms with Crippen LogP contribution < -0.4 is 4.74 Å². The van der Waals surface area contributed by atoms with Crippen LogP contribution in [0, 0.1) is 5.92 Å². The van der Waals surface area contributed by atoms with Crippen molar-refractivity contribution in [2.24, 2.45) is 5.92 Å². The number of phenolic OH excluding ortho intramolecular Hbond substituents is 1. The summed E-state index contributed by atoms with van der Waals surface area (Å²) in [6.07, 6.45) is 5.38. The van der Waals surface area contributed by atoms with Crippen LogP contribution in [-0.2, 0) is 23.1 Å². The van der Waals surface area contributed by atoms with E-state index in [4.69, 9.17) is 4.74 Å². The van der Waals surface area contributed by atoms with Gasteiger partial charge in [-0.05, 0) is 74.2 Å². The summed E-state index contributed by atoms with van der Waals surface area (Å²) in [7, 11) is 1.88. The molecular formula is C29H34BrClN2O4. The largest absolute Gasteiger partial charge is 0.504 e. The van der Waals surface area contributed by atoms with Gasteiger partial charge in [0.15, 0.2) is 11.5 Å². The lowest BCUT2D eigenvalue weighted by Gasteiger charge is -2.64. The first-order valence-corrected chi connectivity index (χ1v) is 14.1. The van der Waals surface area contributed by atoms with Crippen LogP contribution in [0.2, 0.25) is 0 Å². The fourth-order valence-corrected chi connectivity index (χ4v) is 8.39. The highest BCUT2D eigenvalue weighted by atomic mass is 79.9. The van der Waals surface area contributed by atoms with E-state index in [2.05, 4.69) is 20.8 Å². The molecule has 2 aromatic carbocycles. The molecule has 2 bridgehead atoms. The number of aromatic hydroxyl groups is 1. The molecule has 5 atom stereocenters. The first kappa shape index (κ1) is 25.5. The molecule has 6 nitrogen and oxygen atoms in total. The second-order valence-corrected chi connectivity index (χ2v) is 12.5. The number of rotatable bonds is 5. The average Bonchev–Trinajstić information content (AvgIpc) is 3.60. The summed E-state index contributed by atoms with van der Waals surface area (Å²) < 4.78 is 7.56. The molecule has 7 rings (SSSR count). The number of piperidine rings is 1. The van der Waals surface area contributed by atoms with Gasteiger partial charge in [-0.3, -0.25) is 9.69 Å². The molecule has 1 amide bonds. The smallest absolute Gasteiger partial charge is 0.227 e. The minimum Gasteiger partial charge on any atom is -0.504 e. The van der Waals surface area contributed by atoms with Crippen molar-refractivity contribution in [2.75, 3.05) is 20.1 Å². The molecule has 37 heavy (non-hydrogen) atoms. The van der Waals surface area contributed by atoms with Crippen LogP contribution >= 0.6 is 28.3 Å². The summed E-state index contributed by atoms with van der Waals surface area (Å²) in [5, 5.41) is 23.4. The Morgan fingerprint density at radius 2 is 1.97 bits per heavy atom. The zero-order chi connectivity index (χ0) is 24.8. The van der Waals surface area contributed by atoms with Gasteiger partial charge in [-0.15, -0.1) is 12.4 Å². The SMILES string of the molecule is CN(C(=O)Cc1ccccc1Br)[C@H]1CC[C@@]2(O)[C@H]3Cc4ccc(O)c5c4[C@@]2(CCN3CC2CC2)[C@H]1O5.Cl. The van der Waals surface area contributed by atoms with Crippen LogP contribution in [0.4, 0.5) is 0 Å². The fraction of sp³-hybridized carbons (Fsp3) is 0.552. The molecule has 3 fully saturated rings. The number of carbonyl (C=O) groups excluding carboxylic acids is 1. The number of likely N-dealkylation sites (N-methyl/N-ethyl adjacent to an activating group) is 1. The summed E-state index contributed by atoms with van der Waals surface area (Å²) in [6, 6.07) is 11.5. The van der Waals surface area contributed by atoms with Crippen LogP contribution in [-0.4, -0.2) is 69.8 Å². The van der Waals surface area contributed by atoms with Gasteiger partial charge in [-0.1, -0.05) is 40.2 Å². The number of phenols is 1. The van der Waals surface area contributed by atoms with E-state index < -0.39 is 11.0 Å². The Bertz CT molecular complexity index is 1250. The van der Waals surface area contributed by atoms with Gasteiger partial charge in [0.2, 0.25) is 5.91 Å². The number of nitrogens with zero attached hydrogens (tertiary/aromatic N) is 2. The zero-order valence-corrected chi connectivity index (χ0v) is 23.4. The molecule has 2 aromatic rings. The third-order valence-electron chi connectivity index (χ3n) is 9.92. The Morgan fingerprint density at radius 3 is 2.73 bits per heavy atom. The summed E-state index contributed by atoms with van der Waals surface area (Å²) in [6.45, 7) is 1.97. The third kappa shape index (κ3) is 3.53. The molecular weight excluding hydrogens is 556 g/mol. The topological polar surface area (TPSA) is 73.2 Å². The van der Waals surface area contributed by atoms with Gasteiger partial charge in [0.1, 0.15) is 6.10 Å². The lowest BCUT2D eigenvalue weighted by molar-refractivity contribution is -0.200. The number of aliphatic hydroxyl groups is 1. The molecule has 198 valence electrons. The normalized spacial score (nSPS) is 33.2. The number of carbonyl (C=O) groups is 1. The van der Waals surface area contributed by atoms with E-state index in [0.29, 0.717) is 25.0 Å². The monoisotopic (exact) mass is 588 g/mol. The van der Waals surface area contributed by atoms with Gasteiger partial charge in [0.05, 0.1) is 23.5 Å². The summed E-state index contributed by atoms with van der Waals surface area (Å²) >= 11 is 3.57. The lowest BCUT2D eigenvalue weighted by Crippen LogP contribution is -2.78. The number of hydrogen-bond donors (Lipinski definition) is 2. The summed E-state index contributed by atoms with van der Waals surface area (Å²) in [4.78, 5) is 17.9. The molecule has 2 saturated carbocycles. The number of hydrogen-bond acceptors (Lipinski definition) is 5. The highest BCUT2D eigenvalue weighted by Gasteiger charge is 2.73. The zero-order valence-electron chi connectivity index (χ0n) is 21.0. The van der Waals surface area contributed by atoms with Crippen molar-refractivity contribution in [2.45, 2.75) is 74.1 Å². The van der Waals surface area contributed by atoms with Crippen LogP contribution in [0.15, 0.2) is 40.9 Å². The van der Waals surface area contributed by atoms with Gasteiger partial charge in [-0.2, -0.15) is 0 Å². The van der Waals surface area contributed by atoms with Crippen LogP contribution in [0.1, 0.15) is 48.8 Å². The molecule has 2 aliphatic heterocycles. The maximum Gasteiger partial charge on any atom is 0.227 e. The number of amides is 1. The van der Waals surface area contributed by atoms with Crippen LogP contribution in [0.3, 0.4) is 0 Å². The van der Waals surface area contributed by atoms with Crippen molar-refractivity contribution in [3.8, 4) is 11.5 Å². The lowest BCUT2D eigenvalue weighted by atomic mass is 9.48. The Labute approximate surface area is 232 Å². The first-order valence-electron chi connectivity index (χ1n) is 13.3. The molecule has 0 aromatic heterocycles. The average molecular weight is 590 g/mol. The van der Waals surface area contributed by atoms with E-state index in [0.717, 1.165) is 47.4 Å². The molecule has 8 heteroatoms. The van der Waals surface area contributed by atoms with Gasteiger partial charge < -0.3 is 19.8 Å². The molecule has 1 spiro atoms. The second kappa shape index (κ2) is 8.87. The van der Waals surface area contributed by atoms with Crippen molar-refractivity contribution in [1.29, 1.82) is 0 Å². The molecule has 1 saturated heterocycles. The van der Waals surface area contributed by atoms with E-state index in [1.807, 2.05) is 42.3 Å². The maximum absolute atomic E-state index is 13.5. The number of benzene rings is 2. The third-order valence-corrected chi connectivity index (χ3v) is 10.7. The predicted octanol–water partition coefficient (Wildman–Crippen LogP) is 4.21. The van der Waals surface area contributed by atoms with Crippen molar-refractivity contribution in [3.05, 3.63) is 57.6 Å². The molecule has 2 heterocycles. The van der Waals surface area contributed by atoms with E-state index in [1.165, 1.54) is 18.4 Å².